The van der Waals surface area contributed by atoms with Gasteiger partial charge in [-0.1, -0.05) is 90.4 Å². The predicted molar refractivity (Wildman–Crippen MR) is 136 cm³/mol. The van der Waals surface area contributed by atoms with Crippen molar-refractivity contribution in [1.29, 1.82) is 0 Å². The highest BCUT2D eigenvalue weighted by Crippen LogP contribution is 2.43. The summed E-state index contributed by atoms with van der Waals surface area (Å²) in [5.74, 6) is 0. The second kappa shape index (κ2) is 21.3. The first-order valence-corrected chi connectivity index (χ1v) is 14.8. The topological polar surface area (TPSA) is 85.2 Å². The van der Waals surface area contributed by atoms with Gasteiger partial charge in [0.15, 0.2) is 0 Å². The van der Waals surface area contributed by atoms with Crippen molar-refractivity contribution < 1.29 is 32.8 Å². The van der Waals surface area contributed by atoms with Crippen LogP contribution in [0, 0.1) is 0 Å². The van der Waals surface area contributed by atoms with Gasteiger partial charge in [0.1, 0.15) is 13.2 Å². The Kier molecular flexibility index (Phi) is 21.3. The van der Waals surface area contributed by atoms with E-state index in [1.165, 1.54) is 83.5 Å². The number of aliphatic hydroxyl groups is 1. The molecule has 33 heavy (non-hydrogen) atoms. The zero-order chi connectivity index (χ0) is 24.8. The normalized spacial score (nSPS) is 15.0. The van der Waals surface area contributed by atoms with Crippen LogP contribution in [0.5, 0.6) is 0 Å². The van der Waals surface area contributed by atoms with E-state index in [1.807, 2.05) is 21.1 Å². The van der Waals surface area contributed by atoms with Crippen LogP contribution >= 0.6 is 7.82 Å². The van der Waals surface area contributed by atoms with Crippen molar-refractivity contribution in [1.82, 2.24) is 0 Å². The molecule has 0 aliphatic heterocycles. The Bertz CT molecular complexity index is 472. The third-order valence-electron chi connectivity index (χ3n) is 5.68. The molecule has 0 aliphatic carbocycles. The van der Waals surface area contributed by atoms with E-state index in [2.05, 4.69) is 6.92 Å². The Hall–Kier alpha value is -0.0100. The Morgan fingerprint density at radius 1 is 0.727 bits per heavy atom. The molecule has 0 bridgehead atoms. The maximum Gasteiger partial charge on any atom is 0.472 e. The molecule has 8 heteroatoms. The lowest BCUT2D eigenvalue weighted by Crippen LogP contribution is -2.37. The number of rotatable bonds is 25. The molecule has 0 aliphatic rings. The largest absolute Gasteiger partial charge is 0.472 e. The number of hydrogen-bond acceptors (Lipinski definition) is 5. The van der Waals surface area contributed by atoms with Gasteiger partial charge in [-0.3, -0.25) is 9.05 Å². The van der Waals surface area contributed by atoms with E-state index in [-0.39, 0.29) is 13.2 Å². The highest BCUT2D eigenvalue weighted by molar-refractivity contribution is 7.47. The van der Waals surface area contributed by atoms with Crippen LogP contribution in [0.3, 0.4) is 0 Å². The van der Waals surface area contributed by atoms with Crippen LogP contribution in [0.15, 0.2) is 0 Å². The summed E-state index contributed by atoms with van der Waals surface area (Å²) >= 11 is 0. The van der Waals surface area contributed by atoms with Crippen LogP contribution in [0.25, 0.3) is 0 Å². The third kappa shape index (κ3) is 26.4. The van der Waals surface area contributed by atoms with E-state index in [0.717, 1.165) is 6.42 Å². The predicted octanol–water partition coefficient (Wildman–Crippen LogP) is 6.08. The second-order valence-corrected chi connectivity index (χ2v) is 11.7. The van der Waals surface area contributed by atoms with Gasteiger partial charge in [0.05, 0.1) is 33.9 Å². The molecule has 200 valence electrons. The molecule has 2 atom stereocenters. The summed E-state index contributed by atoms with van der Waals surface area (Å²) in [4.78, 5) is 9.64. The first-order chi connectivity index (χ1) is 15.7. The molecule has 0 rings (SSSR count). The van der Waals surface area contributed by atoms with Gasteiger partial charge in [0.2, 0.25) is 0 Å². The summed E-state index contributed by atoms with van der Waals surface area (Å²) in [7, 11) is 1.78. The van der Waals surface area contributed by atoms with Crippen LogP contribution in [0.1, 0.15) is 103 Å². The number of phosphoric ester groups is 1. The van der Waals surface area contributed by atoms with Crippen LogP contribution in [-0.2, 0) is 18.3 Å². The van der Waals surface area contributed by atoms with E-state index in [1.54, 1.807) is 0 Å². The minimum atomic E-state index is -4.12. The maximum absolute atomic E-state index is 11.8. The van der Waals surface area contributed by atoms with Gasteiger partial charge in [0.25, 0.3) is 0 Å². The van der Waals surface area contributed by atoms with Crippen LogP contribution in [0.2, 0.25) is 0 Å². The van der Waals surface area contributed by atoms with Crippen molar-refractivity contribution in [2.24, 2.45) is 0 Å². The average molecular weight is 497 g/mol. The number of ether oxygens (including phenoxy) is 1. The summed E-state index contributed by atoms with van der Waals surface area (Å²) in [6.45, 7) is 3.85. The summed E-state index contributed by atoms with van der Waals surface area (Å²) in [5.41, 5.74) is 0. The van der Waals surface area contributed by atoms with E-state index >= 15 is 0 Å². The molecule has 0 aromatic carbocycles. The van der Waals surface area contributed by atoms with Gasteiger partial charge < -0.3 is 19.2 Å². The molecule has 7 nitrogen and oxygen atoms in total. The molecule has 0 aromatic heterocycles. The molecule has 2 N–H and O–H groups in total. The number of likely N-dealkylation sites (N-methyl/N-ethyl adjacent to an activating group) is 1. The first kappa shape index (κ1) is 33.0. The highest BCUT2D eigenvalue weighted by Gasteiger charge is 2.23. The molecular formula is C25H55NO6P+. The molecule has 2 unspecified atom stereocenters. The lowest BCUT2D eigenvalue weighted by Gasteiger charge is -2.24. The summed E-state index contributed by atoms with van der Waals surface area (Å²) < 4.78 is 27.8. The number of nitrogens with zero attached hydrogens (tertiary/aromatic N) is 1. The smallest absolute Gasteiger partial charge is 0.391 e. The molecular weight excluding hydrogens is 441 g/mol. The quantitative estimate of drug-likeness (QED) is 0.0906. The van der Waals surface area contributed by atoms with Gasteiger partial charge in [-0.05, 0) is 12.8 Å². The van der Waals surface area contributed by atoms with E-state index in [4.69, 9.17) is 13.8 Å². The molecule has 0 saturated carbocycles. The molecule has 0 fully saturated rings. The first-order valence-electron chi connectivity index (χ1n) is 13.3. The summed E-state index contributed by atoms with van der Waals surface area (Å²) in [5, 5.41) is 9.90. The Morgan fingerprint density at radius 3 is 1.70 bits per heavy atom. The Morgan fingerprint density at radius 2 is 1.21 bits per heavy atom. The molecule has 0 radical (unpaired) electrons. The van der Waals surface area contributed by atoms with E-state index in [9.17, 15) is 14.6 Å². The van der Waals surface area contributed by atoms with Crippen LogP contribution in [-0.4, -0.2) is 74.7 Å². The van der Waals surface area contributed by atoms with Gasteiger partial charge in [-0.25, -0.2) is 4.57 Å². The molecule has 0 heterocycles. The standard InChI is InChI=1S/C25H54NO6P/c1-5-6-7-8-9-10-11-12-13-14-15-16-17-18-21-30-22-19-25(27)24-32-33(28,29)31-23-20-26(2,3)4/h25,27H,5-24H2,1-4H3/p+1. The molecule has 0 amide bonds. The zero-order valence-corrected chi connectivity index (χ0v) is 23.0. The van der Waals surface area contributed by atoms with Crippen LogP contribution in [0.4, 0.5) is 0 Å². The second-order valence-electron chi connectivity index (χ2n) is 10.3. The maximum atomic E-state index is 11.8. The molecule has 0 aromatic rings. The number of unbranched alkanes of at least 4 members (excludes halogenated alkanes) is 13. The summed E-state index contributed by atoms with van der Waals surface area (Å²) in [6.07, 6.45) is 18.2. The fourth-order valence-corrected chi connectivity index (χ4v) is 4.20. The SMILES string of the molecule is CCCCCCCCCCCCCCCCOCCC(O)COP(=O)(O)OCC[N+](C)(C)C. The highest BCUT2D eigenvalue weighted by atomic mass is 31.2. The van der Waals surface area contributed by atoms with Crippen molar-refractivity contribution in [3.05, 3.63) is 0 Å². The summed E-state index contributed by atoms with van der Waals surface area (Å²) in [6, 6.07) is 0. The lowest BCUT2D eigenvalue weighted by molar-refractivity contribution is -0.870. The Labute approximate surface area is 204 Å². The van der Waals surface area contributed by atoms with Crippen molar-refractivity contribution in [3.8, 4) is 0 Å². The van der Waals surface area contributed by atoms with Gasteiger partial charge >= 0.3 is 7.82 Å². The van der Waals surface area contributed by atoms with Crippen LogP contribution < -0.4 is 0 Å². The number of phosphoric acid groups is 1. The number of aliphatic hydroxyl groups excluding tert-OH is 1. The number of hydrogen-bond donors (Lipinski definition) is 2. The van der Waals surface area contributed by atoms with E-state index < -0.39 is 13.9 Å². The molecule has 0 spiro atoms. The number of quaternary nitrogens is 1. The van der Waals surface area contributed by atoms with Crippen molar-refractivity contribution in [2.45, 2.75) is 109 Å². The van der Waals surface area contributed by atoms with Gasteiger partial charge in [0, 0.05) is 13.2 Å². The fraction of sp³-hybridized carbons (Fsp3) is 1.00. The Balaban J connectivity index is 3.38. The van der Waals surface area contributed by atoms with Gasteiger partial charge in [-0.2, -0.15) is 0 Å². The zero-order valence-electron chi connectivity index (χ0n) is 22.1. The lowest BCUT2D eigenvalue weighted by atomic mass is 10.0. The minimum Gasteiger partial charge on any atom is -0.391 e. The van der Waals surface area contributed by atoms with Crippen molar-refractivity contribution in [2.75, 3.05) is 54.1 Å². The monoisotopic (exact) mass is 496 g/mol. The van der Waals surface area contributed by atoms with Crippen molar-refractivity contribution >= 4 is 7.82 Å². The molecule has 0 saturated heterocycles. The fourth-order valence-electron chi connectivity index (χ4n) is 3.45. The van der Waals surface area contributed by atoms with E-state index in [0.29, 0.717) is 30.7 Å². The third-order valence-corrected chi connectivity index (χ3v) is 6.67. The van der Waals surface area contributed by atoms with Crippen molar-refractivity contribution in [3.63, 3.8) is 0 Å². The average Bonchev–Trinajstić information content (AvgIpc) is 2.73. The van der Waals surface area contributed by atoms with Gasteiger partial charge in [-0.15, -0.1) is 0 Å². The minimum absolute atomic E-state index is 0.121.